The van der Waals surface area contributed by atoms with E-state index >= 15 is 0 Å². The van der Waals surface area contributed by atoms with E-state index < -0.39 is 0 Å². The zero-order valence-electron chi connectivity index (χ0n) is 16.2. The number of ether oxygens (including phenoxy) is 2. The van der Waals surface area contributed by atoms with Gasteiger partial charge in [-0.3, -0.25) is 9.59 Å². The number of carbonyl (C=O) groups is 2. The summed E-state index contributed by atoms with van der Waals surface area (Å²) >= 11 is 4.83. The van der Waals surface area contributed by atoms with Crippen LogP contribution in [0.15, 0.2) is 0 Å². The summed E-state index contributed by atoms with van der Waals surface area (Å²) in [7, 11) is 0. The lowest BCUT2D eigenvalue weighted by Crippen LogP contribution is -2.29. The average molecular weight is 592 g/mol. The number of unbranched alkanes of at least 4 members (excludes halogenated alkanes) is 2. The molecule has 1 aliphatic carbocycles. The summed E-state index contributed by atoms with van der Waals surface area (Å²) in [6.07, 6.45) is 10.6. The Labute approximate surface area is 186 Å². The lowest BCUT2D eigenvalue weighted by Gasteiger charge is -2.28. The third kappa shape index (κ3) is 12.7. The number of hydrogen-bond donors (Lipinski definition) is 0. The Bertz CT molecular complexity index is 367. The predicted molar refractivity (Wildman–Crippen MR) is 122 cm³/mol. The van der Waals surface area contributed by atoms with E-state index in [1.807, 2.05) is 0 Å². The maximum Gasteiger partial charge on any atom is 0.306 e. The van der Waals surface area contributed by atoms with Crippen molar-refractivity contribution in [3.05, 3.63) is 0 Å². The second kappa shape index (κ2) is 14.4. The van der Waals surface area contributed by atoms with Gasteiger partial charge in [-0.1, -0.05) is 71.9 Å². The molecule has 0 aromatic rings. The maximum absolute atomic E-state index is 11.9. The van der Waals surface area contributed by atoms with Gasteiger partial charge in [0.1, 0.15) is 12.2 Å². The Kier molecular flexibility index (Phi) is 13.5. The SMILES string of the molecule is CC(I)CCCCC(=O)OC1CCC(OC(=O)CCCCC(C)I)CC1. The third-order valence-electron chi connectivity index (χ3n) is 4.68. The van der Waals surface area contributed by atoms with Gasteiger partial charge >= 0.3 is 11.9 Å². The number of carbonyl (C=O) groups excluding carboxylic acids is 2. The lowest BCUT2D eigenvalue weighted by atomic mass is 9.95. The summed E-state index contributed by atoms with van der Waals surface area (Å²) in [6.45, 7) is 4.38. The molecular formula is C20H34I2O4. The van der Waals surface area contributed by atoms with E-state index in [9.17, 15) is 9.59 Å². The number of esters is 2. The lowest BCUT2D eigenvalue weighted by molar-refractivity contribution is -0.158. The second-order valence-corrected chi connectivity index (χ2v) is 11.7. The quantitative estimate of drug-likeness (QED) is 0.118. The molecule has 0 aromatic carbocycles. The molecule has 0 bridgehead atoms. The first kappa shape index (κ1) is 24.4. The van der Waals surface area contributed by atoms with E-state index in [1.54, 1.807) is 0 Å². The van der Waals surface area contributed by atoms with Gasteiger partial charge in [0.2, 0.25) is 0 Å². The van der Waals surface area contributed by atoms with Crippen LogP contribution in [0.3, 0.4) is 0 Å². The molecule has 0 amide bonds. The van der Waals surface area contributed by atoms with Gasteiger partial charge in [-0.25, -0.2) is 0 Å². The minimum atomic E-state index is -0.0731. The summed E-state index contributed by atoms with van der Waals surface area (Å²) in [6, 6.07) is 0. The molecule has 152 valence electrons. The van der Waals surface area contributed by atoms with Crippen LogP contribution in [-0.4, -0.2) is 32.0 Å². The molecule has 1 rings (SSSR count). The Hall–Kier alpha value is 0.400. The van der Waals surface area contributed by atoms with Gasteiger partial charge in [0, 0.05) is 20.7 Å². The molecule has 0 aliphatic heterocycles. The zero-order chi connectivity index (χ0) is 19.4. The van der Waals surface area contributed by atoms with Crippen LogP contribution in [0.25, 0.3) is 0 Å². The van der Waals surface area contributed by atoms with Crippen LogP contribution < -0.4 is 0 Å². The van der Waals surface area contributed by atoms with E-state index in [4.69, 9.17) is 9.47 Å². The molecule has 0 aromatic heterocycles. The summed E-state index contributed by atoms with van der Waals surface area (Å²) in [5.41, 5.74) is 0. The Morgan fingerprint density at radius 1 is 0.769 bits per heavy atom. The number of rotatable bonds is 12. The second-order valence-electron chi connectivity index (χ2n) is 7.43. The predicted octanol–water partition coefficient (Wildman–Crippen LogP) is 6.15. The normalized spacial score (nSPS) is 22.5. The fourth-order valence-electron chi connectivity index (χ4n) is 3.15. The average Bonchev–Trinajstić information content (AvgIpc) is 2.57. The van der Waals surface area contributed by atoms with Crippen LogP contribution in [0, 0.1) is 0 Å². The highest BCUT2D eigenvalue weighted by Crippen LogP contribution is 2.25. The first-order valence-corrected chi connectivity index (χ1v) is 12.5. The van der Waals surface area contributed by atoms with Crippen molar-refractivity contribution in [1.29, 1.82) is 0 Å². The van der Waals surface area contributed by atoms with Crippen LogP contribution in [-0.2, 0) is 19.1 Å². The van der Waals surface area contributed by atoms with E-state index in [2.05, 4.69) is 59.0 Å². The molecule has 0 heterocycles. The van der Waals surface area contributed by atoms with Crippen LogP contribution >= 0.6 is 45.2 Å². The zero-order valence-corrected chi connectivity index (χ0v) is 20.5. The maximum atomic E-state index is 11.9. The first-order valence-electron chi connectivity index (χ1n) is 10.0. The van der Waals surface area contributed by atoms with Gasteiger partial charge in [-0.05, 0) is 51.4 Å². The molecule has 0 N–H and O–H groups in total. The molecule has 6 heteroatoms. The number of hydrogen-bond acceptors (Lipinski definition) is 4. The van der Waals surface area contributed by atoms with E-state index in [0.717, 1.165) is 64.2 Å². The van der Waals surface area contributed by atoms with Crippen molar-refractivity contribution in [2.75, 3.05) is 0 Å². The minimum absolute atomic E-state index is 0.00564. The fraction of sp³-hybridized carbons (Fsp3) is 0.900. The summed E-state index contributed by atoms with van der Waals surface area (Å²) in [4.78, 5) is 23.8. The van der Waals surface area contributed by atoms with Crippen molar-refractivity contribution in [2.24, 2.45) is 0 Å². The van der Waals surface area contributed by atoms with E-state index in [1.165, 1.54) is 0 Å². The molecule has 4 nitrogen and oxygen atoms in total. The van der Waals surface area contributed by atoms with Gasteiger partial charge in [-0.15, -0.1) is 0 Å². The van der Waals surface area contributed by atoms with Gasteiger partial charge < -0.3 is 9.47 Å². The van der Waals surface area contributed by atoms with Gasteiger partial charge in [0.25, 0.3) is 0 Å². The third-order valence-corrected chi connectivity index (χ3v) is 5.93. The Balaban J connectivity index is 2.08. The molecule has 1 fully saturated rings. The minimum Gasteiger partial charge on any atom is -0.462 e. The van der Waals surface area contributed by atoms with Crippen molar-refractivity contribution in [3.8, 4) is 0 Å². The van der Waals surface area contributed by atoms with Crippen molar-refractivity contribution < 1.29 is 19.1 Å². The van der Waals surface area contributed by atoms with Crippen LogP contribution in [0.5, 0.6) is 0 Å². The summed E-state index contributed by atoms with van der Waals surface area (Å²) in [5.74, 6) is -0.146. The molecule has 2 unspecified atom stereocenters. The highest BCUT2D eigenvalue weighted by Gasteiger charge is 2.26. The highest BCUT2D eigenvalue weighted by atomic mass is 127. The molecule has 2 atom stereocenters. The van der Waals surface area contributed by atoms with Crippen LogP contribution in [0.1, 0.15) is 90.9 Å². The fourth-order valence-corrected chi connectivity index (χ4v) is 4.03. The molecular weight excluding hydrogens is 558 g/mol. The monoisotopic (exact) mass is 592 g/mol. The smallest absolute Gasteiger partial charge is 0.306 e. The van der Waals surface area contributed by atoms with Crippen LogP contribution in [0.2, 0.25) is 0 Å². The van der Waals surface area contributed by atoms with E-state index in [0.29, 0.717) is 20.7 Å². The van der Waals surface area contributed by atoms with Crippen LogP contribution in [0.4, 0.5) is 0 Å². The standard InChI is InChI=1S/C20H34I2O4/c1-15(21)7-3-5-9-19(23)25-17-11-13-18(14-12-17)26-20(24)10-6-4-8-16(2)22/h15-18H,3-14H2,1-2H3. The van der Waals surface area contributed by atoms with Gasteiger partial charge in [0.15, 0.2) is 0 Å². The van der Waals surface area contributed by atoms with Crippen molar-refractivity contribution in [1.82, 2.24) is 0 Å². The topological polar surface area (TPSA) is 52.6 Å². The molecule has 1 saturated carbocycles. The largest absolute Gasteiger partial charge is 0.462 e. The summed E-state index contributed by atoms with van der Waals surface area (Å²) < 4.78 is 12.5. The van der Waals surface area contributed by atoms with Crippen molar-refractivity contribution in [2.45, 2.75) is 111 Å². The molecule has 0 radical (unpaired) electrons. The Morgan fingerprint density at radius 3 is 1.42 bits per heavy atom. The molecule has 0 saturated heterocycles. The molecule has 1 aliphatic rings. The first-order chi connectivity index (χ1) is 12.4. The van der Waals surface area contributed by atoms with Crippen molar-refractivity contribution >= 4 is 57.1 Å². The Morgan fingerprint density at radius 2 is 1.12 bits per heavy atom. The van der Waals surface area contributed by atoms with Crippen molar-refractivity contribution in [3.63, 3.8) is 0 Å². The number of halogens is 2. The van der Waals surface area contributed by atoms with Gasteiger partial charge in [-0.2, -0.15) is 0 Å². The van der Waals surface area contributed by atoms with Gasteiger partial charge in [0.05, 0.1) is 0 Å². The van der Waals surface area contributed by atoms with E-state index in [-0.39, 0.29) is 24.1 Å². The molecule has 26 heavy (non-hydrogen) atoms. The molecule has 0 spiro atoms. The highest BCUT2D eigenvalue weighted by molar-refractivity contribution is 14.1. The summed E-state index contributed by atoms with van der Waals surface area (Å²) in [5, 5.41) is 0. The number of alkyl halides is 2.